The first kappa shape index (κ1) is 19.2. The number of benzene rings is 1. The van der Waals surface area contributed by atoms with E-state index in [1.165, 1.54) is 0 Å². The lowest BCUT2D eigenvalue weighted by atomic mass is 9.84. The van der Waals surface area contributed by atoms with E-state index in [9.17, 15) is 4.79 Å². The Kier molecular flexibility index (Phi) is 7.08. The molecule has 2 atom stereocenters. The highest BCUT2D eigenvalue weighted by Gasteiger charge is 2.32. The molecule has 0 radical (unpaired) electrons. The van der Waals surface area contributed by atoms with Gasteiger partial charge in [-0.05, 0) is 50.3 Å². The SMILES string of the molecule is CCC(CC)(NC(=O)C(C)OCC1CCCO1)c1ccc(Cl)cc1. The molecule has 1 aliphatic heterocycles. The Morgan fingerprint density at radius 3 is 2.58 bits per heavy atom. The smallest absolute Gasteiger partial charge is 0.249 e. The maximum absolute atomic E-state index is 12.6. The van der Waals surface area contributed by atoms with E-state index >= 15 is 0 Å². The summed E-state index contributed by atoms with van der Waals surface area (Å²) in [5.41, 5.74) is 0.667. The molecule has 24 heavy (non-hydrogen) atoms. The molecule has 1 aliphatic rings. The zero-order valence-electron chi connectivity index (χ0n) is 14.8. The summed E-state index contributed by atoms with van der Waals surface area (Å²) in [5, 5.41) is 3.89. The molecule has 0 saturated carbocycles. The highest BCUT2D eigenvalue weighted by molar-refractivity contribution is 6.30. The third kappa shape index (κ3) is 4.71. The van der Waals surface area contributed by atoms with Crippen LogP contribution in [0.1, 0.15) is 52.0 Å². The van der Waals surface area contributed by atoms with Crippen molar-refractivity contribution in [3.63, 3.8) is 0 Å². The Bertz CT molecular complexity index is 522. The fourth-order valence-corrected chi connectivity index (χ4v) is 3.24. The van der Waals surface area contributed by atoms with Crippen molar-refractivity contribution in [2.45, 2.75) is 64.2 Å². The summed E-state index contributed by atoms with van der Waals surface area (Å²) >= 11 is 5.99. The van der Waals surface area contributed by atoms with Gasteiger partial charge in [0.2, 0.25) is 5.91 Å². The van der Waals surface area contributed by atoms with E-state index in [4.69, 9.17) is 21.1 Å². The fourth-order valence-electron chi connectivity index (χ4n) is 3.12. The van der Waals surface area contributed by atoms with E-state index < -0.39 is 11.6 Å². The molecule has 1 heterocycles. The summed E-state index contributed by atoms with van der Waals surface area (Å²) in [4.78, 5) is 12.6. The van der Waals surface area contributed by atoms with Gasteiger partial charge in [0.25, 0.3) is 0 Å². The molecule has 1 aromatic rings. The predicted molar refractivity (Wildman–Crippen MR) is 96.2 cm³/mol. The lowest BCUT2D eigenvalue weighted by molar-refractivity contribution is -0.136. The number of nitrogens with one attached hydrogen (secondary N) is 1. The molecule has 2 unspecified atom stereocenters. The molecular formula is C19H28ClNO3. The molecule has 1 saturated heterocycles. The summed E-state index contributed by atoms with van der Waals surface area (Å²) in [6.45, 7) is 7.22. The third-order valence-corrected chi connectivity index (χ3v) is 5.14. The molecule has 4 nitrogen and oxygen atoms in total. The van der Waals surface area contributed by atoms with Gasteiger partial charge in [-0.1, -0.05) is 37.6 Å². The maximum atomic E-state index is 12.6. The molecule has 0 bridgehead atoms. The van der Waals surface area contributed by atoms with Crippen LogP contribution in [0.15, 0.2) is 24.3 Å². The first-order valence-electron chi connectivity index (χ1n) is 8.82. The third-order valence-electron chi connectivity index (χ3n) is 4.89. The number of ether oxygens (including phenoxy) is 2. The number of halogens is 1. The van der Waals surface area contributed by atoms with Crippen molar-refractivity contribution in [1.29, 1.82) is 0 Å². The minimum Gasteiger partial charge on any atom is -0.376 e. The number of hydrogen-bond acceptors (Lipinski definition) is 3. The second-order valence-corrected chi connectivity index (χ2v) is 6.83. The normalized spacial score (nSPS) is 19.2. The first-order chi connectivity index (χ1) is 11.5. The molecule has 1 fully saturated rings. The molecule has 134 valence electrons. The summed E-state index contributed by atoms with van der Waals surface area (Å²) < 4.78 is 11.3. The minimum atomic E-state index is -0.501. The largest absolute Gasteiger partial charge is 0.376 e. The van der Waals surface area contributed by atoms with Gasteiger partial charge in [-0.15, -0.1) is 0 Å². The van der Waals surface area contributed by atoms with Crippen molar-refractivity contribution in [1.82, 2.24) is 5.32 Å². The van der Waals surface area contributed by atoms with Crippen LogP contribution in [-0.2, 0) is 19.8 Å². The number of amides is 1. The number of carbonyl (C=O) groups is 1. The Balaban J connectivity index is 2.00. The first-order valence-corrected chi connectivity index (χ1v) is 9.20. The standard InChI is InChI=1S/C19H28ClNO3/c1-4-19(5-2,15-8-10-16(20)11-9-15)21-18(22)14(3)24-13-17-7-6-12-23-17/h8-11,14,17H,4-7,12-13H2,1-3H3,(H,21,22). The Hall–Kier alpha value is -1.10. The van der Waals surface area contributed by atoms with Crippen LogP contribution in [0, 0.1) is 0 Å². The van der Waals surface area contributed by atoms with Crippen molar-refractivity contribution < 1.29 is 14.3 Å². The van der Waals surface area contributed by atoms with E-state index in [0.717, 1.165) is 37.9 Å². The molecule has 1 aromatic carbocycles. The predicted octanol–water partition coefficient (Wildman–Crippen LogP) is 4.06. The molecule has 0 aromatic heterocycles. The van der Waals surface area contributed by atoms with Crippen molar-refractivity contribution in [3.8, 4) is 0 Å². The topological polar surface area (TPSA) is 47.6 Å². The monoisotopic (exact) mass is 353 g/mol. The van der Waals surface area contributed by atoms with Crippen LogP contribution in [0.2, 0.25) is 5.02 Å². The van der Waals surface area contributed by atoms with E-state index in [1.807, 2.05) is 24.3 Å². The molecule has 1 amide bonds. The van der Waals surface area contributed by atoms with Crippen molar-refractivity contribution in [2.75, 3.05) is 13.2 Å². The van der Waals surface area contributed by atoms with Gasteiger partial charge < -0.3 is 14.8 Å². The molecule has 5 heteroatoms. The van der Waals surface area contributed by atoms with Crippen molar-refractivity contribution in [3.05, 3.63) is 34.9 Å². The zero-order valence-corrected chi connectivity index (χ0v) is 15.6. The quantitative estimate of drug-likeness (QED) is 0.766. The van der Waals surface area contributed by atoms with E-state index in [-0.39, 0.29) is 12.0 Å². The molecule has 0 spiro atoms. The second-order valence-electron chi connectivity index (χ2n) is 6.40. The highest BCUT2D eigenvalue weighted by Crippen LogP contribution is 2.30. The summed E-state index contributed by atoms with van der Waals surface area (Å²) in [7, 11) is 0. The Labute approximate surface area is 149 Å². The van der Waals surface area contributed by atoms with Gasteiger partial charge in [0, 0.05) is 11.6 Å². The average molecular weight is 354 g/mol. The lowest BCUT2D eigenvalue weighted by Crippen LogP contribution is -2.49. The van der Waals surface area contributed by atoms with Crippen LogP contribution in [0.4, 0.5) is 0 Å². The summed E-state index contributed by atoms with van der Waals surface area (Å²) in [5.74, 6) is -0.0911. The lowest BCUT2D eigenvalue weighted by Gasteiger charge is -2.34. The molecular weight excluding hydrogens is 326 g/mol. The van der Waals surface area contributed by atoms with Crippen LogP contribution >= 0.6 is 11.6 Å². The highest BCUT2D eigenvalue weighted by atomic mass is 35.5. The van der Waals surface area contributed by atoms with Gasteiger partial charge in [0.15, 0.2) is 0 Å². The molecule has 2 rings (SSSR count). The van der Waals surface area contributed by atoms with Gasteiger partial charge in [0.05, 0.1) is 18.2 Å². The van der Waals surface area contributed by atoms with E-state index in [0.29, 0.717) is 11.6 Å². The fraction of sp³-hybridized carbons (Fsp3) is 0.632. The second kappa shape index (κ2) is 8.84. The number of carbonyl (C=O) groups excluding carboxylic acids is 1. The number of rotatable bonds is 8. The Morgan fingerprint density at radius 1 is 1.38 bits per heavy atom. The summed E-state index contributed by atoms with van der Waals surface area (Å²) in [6.07, 6.45) is 3.30. The van der Waals surface area contributed by atoms with Gasteiger partial charge >= 0.3 is 0 Å². The van der Waals surface area contributed by atoms with Crippen LogP contribution in [0.3, 0.4) is 0 Å². The van der Waals surface area contributed by atoms with Crippen molar-refractivity contribution in [2.24, 2.45) is 0 Å². The van der Waals surface area contributed by atoms with Crippen LogP contribution in [0.5, 0.6) is 0 Å². The zero-order chi connectivity index (χ0) is 17.6. The average Bonchev–Trinajstić information content (AvgIpc) is 3.11. The van der Waals surface area contributed by atoms with Crippen LogP contribution in [0.25, 0.3) is 0 Å². The van der Waals surface area contributed by atoms with Crippen LogP contribution < -0.4 is 5.32 Å². The van der Waals surface area contributed by atoms with Gasteiger partial charge in [-0.25, -0.2) is 0 Å². The van der Waals surface area contributed by atoms with Gasteiger partial charge in [0.1, 0.15) is 6.10 Å². The van der Waals surface area contributed by atoms with E-state index in [2.05, 4.69) is 19.2 Å². The van der Waals surface area contributed by atoms with Crippen LogP contribution in [-0.4, -0.2) is 31.3 Å². The Morgan fingerprint density at radius 2 is 2.04 bits per heavy atom. The maximum Gasteiger partial charge on any atom is 0.249 e. The van der Waals surface area contributed by atoms with Crippen molar-refractivity contribution >= 4 is 17.5 Å². The minimum absolute atomic E-state index is 0.0911. The molecule has 0 aliphatic carbocycles. The number of hydrogen-bond donors (Lipinski definition) is 1. The molecule has 1 N–H and O–H groups in total. The van der Waals surface area contributed by atoms with E-state index in [1.54, 1.807) is 6.92 Å². The summed E-state index contributed by atoms with van der Waals surface area (Å²) in [6, 6.07) is 7.68. The van der Waals surface area contributed by atoms with Gasteiger partial charge in [-0.3, -0.25) is 4.79 Å². The van der Waals surface area contributed by atoms with Gasteiger partial charge in [-0.2, -0.15) is 0 Å².